The van der Waals surface area contributed by atoms with Crippen molar-refractivity contribution in [2.45, 2.75) is 44.2 Å². The number of aliphatic hydroxyl groups excluding tert-OH is 1. The molecule has 1 fully saturated rings. The van der Waals surface area contributed by atoms with Crippen LogP contribution in [0.4, 0.5) is 8.78 Å². The molecule has 0 saturated carbocycles. The third-order valence-corrected chi connectivity index (χ3v) is 4.67. The number of likely N-dealkylation sites (tertiary alicyclic amines) is 1. The molecule has 4 nitrogen and oxygen atoms in total. The van der Waals surface area contributed by atoms with Crippen molar-refractivity contribution < 1.29 is 23.1 Å². The smallest absolute Gasteiger partial charge is 0.257 e. The maximum atomic E-state index is 14.0. The van der Waals surface area contributed by atoms with Gasteiger partial charge in [0.2, 0.25) is 0 Å². The molecule has 1 aromatic heterocycles. The Morgan fingerprint density at radius 3 is 2.84 bits per heavy atom. The van der Waals surface area contributed by atoms with Crippen LogP contribution in [0.1, 0.15) is 54.3 Å². The van der Waals surface area contributed by atoms with E-state index >= 15 is 0 Å². The molecule has 1 N–H and O–H groups in total. The second-order valence-electron chi connectivity index (χ2n) is 6.39. The van der Waals surface area contributed by atoms with Crippen LogP contribution >= 0.6 is 0 Å². The van der Waals surface area contributed by atoms with E-state index in [0.29, 0.717) is 18.7 Å². The largest absolute Gasteiger partial charge is 0.467 e. The molecule has 1 aliphatic heterocycles. The van der Waals surface area contributed by atoms with Crippen LogP contribution in [-0.4, -0.2) is 28.5 Å². The molecule has 0 spiro atoms. The van der Waals surface area contributed by atoms with Gasteiger partial charge < -0.3 is 14.4 Å². The third-order valence-electron chi connectivity index (χ3n) is 4.67. The fraction of sp³-hybridized carbons (Fsp3) is 0.421. The van der Waals surface area contributed by atoms with Gasteiger partial charge in [-0.25, -0.2) is 8.78 Å². The molecule has 0 bridgehead atoms. The van der Waals surface area contributed by atoms with Crippen LogP contribution in [-0.2, 0) is 0 Å². The molecule has 25 heavy (non-hydrogen) atoms. The van der Waals surface area contributed by atoms with Gasteiger partial charge in [0, 0.05) is 25.1 Å². The number of rotatable bonds is 4. The number of amides is 1. The van der Waals surface area contributed by atoms with Crippen LogP contribution in [0.2, 0.25) is 0 Å². The first-order valence-electron chi connectivity index (χ1n) is 8.53. The van der Waals surface area contributed by atoms with E-state index < -0.39 is 23.6 Å². The summed E-state index contributed by atoms with van der Waals surface area (Å²) in [5.74, 6) is -1.59. The highest BCUT2D eigenvalue weighted by atomic mass is 19.1. The Morgan fingerprint density at radius 2 is 2.12 bits per heavy atom. The lowest BCUT2D eigenvalue weighted by Crippen LogP contribution is -2.41. The highest BCUT2D eigenvalue weighted by molar-refractivity contribution is 5.94. The van der Waals surface area contributed by atoms with Gasteiger partial charge in [-0.05, 0) is 37.1 Å². The standard InChI is InChI=1S/C19H21F2NO3/c20-13-7-8-15(16(21)11-13)19(24)22-9-3-1-2-5-14(22)12-17(23)18-6-4-10-25-18/h4,6-8,10-11,14,17,23H,1-3,5,9,12H2. The van der Waals surface area contributed by atoms with Gasteiger partial charge in [0.1, 0.15) is 23.5 Å². The van der Waals surface area contributed by atoms with Crippen molar-refractivity contribution in [3.63, 3.8) is 0 Å². The molecule has 2 atom stereocenters. The summed E-state index contributed by atoms with van der Waals surface area (Å²) >= 11 is 0. The SMILES string of the molecule is O=C(c1ccc(F)cc1F)N1CCCCCC1CC(O)c1ccco1. The number of hydrogen-bond donors (Lipinski definition) is 1. The summed E-state index contributed by atoms with van der Waals surface area (Å²) in [4.78, 5) is 14.4. The molecular weight excluding hydrogens is 328 g/mol. The molecule has 2 unspecified atom stereocenters. The normalized spacial score (nSPS) is 19.5. The van der Waals surface area contributed by atoms with E-state index in [0.717, 1.165) is 37.8 Å². The predicted molar refractivity (Wildman–Crippen MR) is 87.9 cm³/mol. The second kappa shape index (κ2) is 7.78. The Labute approximate surface area is 145 Å². The summed E-state index contributed by atoms with van der Waals surface area (Å²) in [5, 5.41) is 10.4. The molecule has 1 amide bonds. The van der Waals surface area contributed by atoms with Crippen LogP contribution in [0.5, 0.6) is 0 Å². The van der Waals surface area contributed by atoms with Gasteiger partial charge in [-0.3, -0.25) is 4.79 Å². The molecule has 2 aromatic rings. The quantitative estimate of drug-likeness (QED) is 0.905. The minimum absolute atomic E-state index is 0.138. The lowest BCUT2D eigenvalue weighted by Gasteiger charge is -2.31. The van der Waals surface area contributed by atoms with Crippen molar-refractivity contribution in [3.05, 3.63) is 59.6 Å². The zero-order valence-electron chi connectivity index (χ0n) is 13.8. The Kier molecular flexibility index (Phi) is 5.48. The van der Waals surface area contributed by atoms with Crippen LogP contribution in [0.15, 0.2) is 41.0 Å². The first-order valence-corrected chi connectivity index (χ1v) is 8.53. The number of halogens is 2. The van der Waals surface area contributed by atoms with E-state index in [1.54, 1.807) is 17.0 Å². The molecule has 1 aliphatic rings. The summed E-state index contributed by atoms with van der Waals surface area (Å²) in [7, 11) is 0. The van der Waals surface area contributed by atoms with Gasteiger partial charge in [-0.1, -0.05) is 12.8 Å². The van der Waals surface area contributed by atoms with Crippen LogP contribution < -0.4 is 0 Å². The molecule has 0 radical (unpaired) electrons. The summed E-state index contributed by atoms with van der Waals surface area (Å²) in [5.41, 5.74) is -0.138. The zero-order chi connectivity index (χ0) is 17.8. The summed E-state index contributed by atoms with van der Waals surface area (Å²) in [6, 6.07) is 6.14. The average molecular weight is 349 g/mol. The van der Waals surface area contributed by atoms with Crippen LogP contribution in [0.3, 0.4) is 0 Å². The number of carbonyl (C=O) groups is 1. The zero-order valence-corrected chi connectivity index (χ0v) is 13.8. The molecule has 1 aromatic carbocycles. The van der Waals surface area contributed by atoms with E-state index in [2.05, 4.69) is 0 Å². The number of furan rings is 1. The highest BCUT2D eigenvalue weighted by Crippen LogP contribution is 2.28. The van der Waals surface area contributed by atoms with E-state index in [9.17, 15) is 18.7 Å². The van der Waals surface area contributed by atoms with E-state index in [-0.39, 0.29) is 11.6 Å². The van der Waals surface area contributed by atoms with Crippen molar-refractivity contribution in [2.24, 2.45) is 0 Å². The fourth-order valence-electron chi connectivity index (χ4n) is 3.36. The number of aliphatic hydroxyl groups is 1. The average Bonchev–Trinajstić information content (AvgIpc) is 3.02. The van der Waals surface area contributed by atoms with Gasteiger partial charge in [0.05, 0.1) is 11.8 Å². The van der Waals surface area contributed by atoms with Gasteiger partial charge in [-0.2, -0.15) is 0 Å². The van der Waals surface area contributed by atoms with Crippen molar-refractivity contribution in [1.29, 1.82) is 0 Å². The maximum Gasteiger partial charge on any atom is 0.257 e. The Bertz CT molecular complexity index is 717. The second-order valence-corrected chi connectivity index (χ2v) is 6.39. The van der Waals surface area contributed by atoms with Crippen molar-refractivity contribution in [1.82, 2.24) is 4.90 Å². The van der Waals surface area contributed by atoms with Crippen molar-refractivity contribution in [2.75, 3.05) is 6.54 Å². The first kappa shape index (κ1) is 17.6. The van der Waals surface area contributed by atoms with Gasteiger partial charge in [0.25, 0.3) is 5.91 Å². The Balaban J connectivity index is 1.81. The lowest BCUT2D eigenvalue weighted by molar-refractivity contribution is 0.0553. The lowest BCUT2D eigenvalue weighted by atomic mass is 10.0. The minimum atomic E-state index is -0.862. The molecule has 134 valence electrons. The summed E-state index contributed by atoms with van der Waals surface area (Å²) < 4.78 is 32.4. The molecule has 2 heterocycles. The molecule has 3 rings (SSSR count). The van der Waals surface area contributed by atoms with E-state index in [1.807, 2.05) is 0 Å². The molecule has 1 saturated heterocycles. The van der Waals surface area contributed by atoms with Gasteiger partial charge >= 0.3 is 0 Å². The highest BCUT2D eigenvalue weighted by Gasteiger charge is 2.30. The molecular formula is C19H21F2NO3. The first-order chi connectivity index (χ1) is 12.1. The minimum Gasteiger partial charge on any atom is -0.467 e. The van der Waals surface area contributed by atoms with Crippen LogP contribution in [0, 0.1) is 11.6 Å². The monoisotopic (exact) mass is 349 g/mol. The molecule has 0 aliphatic carbocycles. The van der Waals surface area contributed by atoms with E-state index in [4.69, 9.17) is 4.42 Å². The summed E-state index contributed by atoms with van der Waals surface area (Å²) in [6.07, 6.45) is 4.44. The fourth-order valence-corrected chi connectivity index (χ4v) is 3.36. The summed E-state index contributed by atoms with van der Waals surface area (Å²) in [6.45, 7) is 0.491. The predicted octanol–water partition coefficient (Wildman–Crippen LogP) is 4.07. The van der Waals surface area contributed by atoms with E-state index in [1.165, 1.54) is 12.3 Å². The third kappa shape index (κ3) is 4.07. The number of carbonyl (C=O) groups excluding carboxylic acids is 1. The van der Waals surface area contributed by atoms with Crippen molar-refractivity contribution >= 4 is 5.91 Å². The van der Waals surface area contributed by atoms with Gasteiger partial charge in [0.15, 0.2) is 0 Å². The molecule has 6 heteroatoms. The Morgan fingerprint density at radius 1 is 1.28 bits per heavy atom. The van der Waals surface area contributed by atoms with Crippen molar-refractivity contribution in [3.8, 4) is 0 Å². The number of benzene rings is 1. The number of nitrogens with zero attached hydrogens (tertiary/aromatic N) is 1. The Hall–Kier alpha value is -2.21. The number of hydrogen-bond acceptors (Lipinski definition) is 3. The van der Waals surface area contributed by atoms with Crippen LogP contribution in [0.25, 0.3) is 0 Å². The van der Waals surface area contributed by atoms with Gasteiger partial charge in [-0.15, -0.1) is 0 Å². The topological polar surface area (TPSA) is 53.7 Å². The maximum absolute atomic E-state index is 14.0.